The van der Waals surface area contributed by atoms with Gasteiger partial charge in [-0.25, -0.2) is 19.2 Å². The molecule has 1 fully saturated rings. The van der Waals surface area contributed by atoms with Gasteiger partial charge in [0, 0.05) is 24.2 Å². The first kappa shape index (κ1) is 18.6. The van der Waals surface area contributed by atoms with Crippen LogP contribution in [0.25, 0.3) is 22.4 Å². The van der Waals surface area contributed by atoms with Crippen molar-refractivity contribution in [2.75, 3.05) is 18.0 Å². The van der Waals surface area contributed by atoms with E-state index in [0.717, 1.165) is 0 Å². The van der Waals surface area contributed by atoms with Gasteiger partial charge >= 0.3 is 5.97 Å². The minimum Gasteiger partial charge on any atom is -0.476 e. The zero-order valence-corrected chi connectivity index (χ0v) is 15.8. The molecule has 10 heteroatoms. The van der Waals surface area contributed by atoms with Crippen molar-refractivity contribution in [2.45, 2.75) is 25.3 Å². The van der Waals surface area contributed by atoms with E-state index >= 15 is 0 Å². The van der Waals surface area contributed by atoms with Crippen molar-refractivity contribution in [1.82, 2.24) is 20.2 Å². The molecule has 0 unspecified atom stereocenters. The Morgan fingerprint density at radius 2 is 2.07 bits per heavy atom. The van der Waals surface area contributed by atoms with E-state index in [1.54, 1.807) is 6.07 Å². The SMILES string of the molecule is CC1(N)CCN(c2nc3n[nH]c(-c4cccc(Cl)c4F)c3nc2C(=O)O)CC1. The normalized spacial score (nSPS) is 16.5. The van der Waals surface area contributed by atoms with E-state index in [-0.39, 0.29) is 44.5 Å². The van der Waals surface area contributed by atoms with E-state index in [1.165, 1.54) is 12.1 Å². The van der Waals surface area contributed by atoms with Gasteiger partial charge in [0.25, 0.3) is 0 Å². The van der Waals surface area contributed by atoms with Crippen LogP contribution in [0.4, 0.5) is 10.2 Å². The van der Waals surface area contributed by atoms with Crippen LogP contribution in [0, 0.1) is 5.82 Å². The number of aromatic amines is 1. The minimum absolute atomic E-state index is 0.0542. The van der Waals surface area contributed by atoms with Crippen molar-refractivity contribution in [3.8, 4) is 11.3 Å². The molecule has 3 aromatic rings. The second kappa shape index (κ2) is 6.68. The maximum Gasteiger partial charge on any atom is 0.358 e. The predicted molar refractivity (Wildman–Crippen MR) is 103 cm³/mol. The number of carboxylic acid groups (broad SMARTS) is 1. The standard InChI is InChI=1S/C18H18ClFN6O2/c1-18(21)5-7-26(8-6-18)16-14(17(27)28)22-13-12(24-25-15(13)23-16)9-3-2-4-10(19)11(9)20/h2-4H,5-8,21H2,1H3,(H,27,28)(H,23,24,25). The van der Waals surface area contributed by atoms with Crippen LogP contribution < -0.4 is 10.6 Å². The van der Waals surface area contributed by atoms with Gasteiger partial charge in [-0.2, -0.15) is 5.10 Å². The molecule has 0 aliphatic carbocycles. The number of aromatic nitrogens is 4. The third-order valence-corrected chi connectivity index (χ3v) is 5.29. The summed E-state index contributed by atoms with van der Waals surface area (Å²) in [5, 5.41) is 16.4. The Kier molecular flexibility index (Phi) is 4.43. The number of H-pyrrole nitrogens is 1. The summed E-state index contributed by atoms with van der Waals surface area (Å²) in [5.41, 5.74) is 6.40. The highest BCUT2D eigenvalue weighted by Crippen LogP contribution is 2.32. The van der Waals surface area contributed by atoms with Crippen LogP contribution >= 0.6 is 11.6 Å². The summed E-state index contributed by atoms with van der Waals surface area (Å²) >= 11 is 5.86. The Balaban J connectivity index is 1.83. The van der Waals surface area contributed by atoms with Crippen molar-refractivity contribution in [3.05, 3.63) is 34.7 Å². The minimum atomic E-state index is -1.22. The largest absolute Gasteiger partial charge is 0.476 e. The fourth-order valence-electron chi connectivity index (χ4n) is 3.30. The molecule has 0 bridgehead atoms. The van der Waals surface area contributed by atoms with Crippen molar-refractivity contribution >= 4 is 34.6 Å². The van der Waals surface area contributed by atoms with Crippen LogP contribution in [-0.4, -0.2) is 49.9 Å². The fourth-order valence-corrected chi connectivity index (χ4v) is 3.48. The topological polar surface area (TPSA) is 121 Å². The first-order valence-electron chi connectivity index (χ1n) is 8.74. The van der Waals surface area contributed by atoms with Crippen LogP contribution in [0.5, 0.6) is 0 Å². The number of nitrogens with one attached hydrogen (secondary N) is 1. The van der Waals surface area contributed by atoms with Gasteiger partial charge in [-0.3, -0.25) is 5.10 Å². The lowest BCUT2D eigenvalue weighted by atomic mass is 9.91. The second-order valence-electron chi connectivity index (χ2n) is 7.21. The number of nitrogens with zero attached hydrogens (tertiary/aromatic N) is 4. The first-order chi connectivity index (χ1) is 13.3. The zero-order valence-electron chi connectivity index (χ0n) is 15.0. The number of hydrogen-bond donors (Lipinski definition) is 3. The quantitative estimate of drug-likeness (QED) is 0.613. The summed E-state index contributed by atoms with van der Waals surface area (Å²) in [5.74, 6) is -1.62. The molecule has 8 nitrogen and oxygen atoms in total. The summed E-state index contributed by atoms with van der Waals surface area (Å²) in [7, 11) is 0. The molecule has 1 aliphatic rings. The number of anilines is 1. The van der Waals surface area contributed by atoms with Crippen LogP contribution in [0.15, 0.2) is 18.2 Å². The van der Waals surface area contributed by atoms with Gasteiger partial charge in [0.15, 0.2) is 17.3 Å². The number of piperidine rings is 1. The molecule has 146 valence electrons. The highest BCUT2D eigenvalue weighted by molar-refractivity contribution is 6.31. The summed E-state index contributed by atoms with van der Waals surface area (Å²) in [6.07, 6.45) is 1.40. The number of halogens is 2. The van der Waals surface area contributed by atoms with E-state index in [1.807, 2.05) is 11.8 Å². The van der Waals surface area contributed by atoms with Crippen molar-refractivity contribution in [2.24, 2.45) is 5.73 Å². The molecule has 3 heterocycles. The summed E-state index contributed by atoms with van der Waals surface area (Å²) in [6.45, 7) is 3.10. The number of fused-ring (bicyclic) bond motifs is 1. The Labute approximate surface area is 164 Å². The van der Waals surface area contributed by atoms with E-state index in [0.29, 0.717) is 25.9 Å². The lowest BCUT2D eigenvalue weighted by molar-refractivity contribution is 0.0691. The Hall–Kier alpha value is -2.78. The summed E-state index contributed by atoms with van der Waals surface area (Å²) in [4.78, 5) is 22.4. The second-order valence-corrected chi connectivity index (χ2v) is 7.62. The monoisotopic (exact) mass is 404 g/mol. The van der Waals surface area contributed by atoms with Crippen LogP contribution in [0.2, 0.25) is 5.02 Å². The molecular weight excluding hydrogens is 387 g/mol. The molecule has 0 saturated carbocycles. The molecule has 4 rings (SSSR count). The molecule has 0 spiro atoms. The number of nitrogens with two attached hydrogens (primary N) is 1. The van der Waals surface area contributed by atoms with Gasteiger partial charge in [0.05, 0.1) is 10.7 Å². The Bertz CT molecular complexity index is 1070. The zero-order chi connectivity index (χ0) is 20.1. The molecule has 1 aromatic carbocycles. The summed E-state index contributed by atoms with van der Waals surface area (Å²) < 4.78 is 14.4. The molecule has 28 heavy (non-hydrogen) atoms. The van der Waals surface area contributed by atoms with Gasteiger partial charge in [-0.1, -0.05) is 17.7 Å². The van der Waals surface area contributed by atoms with Crippen molar-refractivity contribution in [1.29, 1.82) is 0 Å². The fraction of sp³-hybridized carbons (Fsp3) is 0.333. The average molecular weight is 405 g/mol. The number of benzene rings is 1. The molecule has 4 N–H and O–H groups in total. The number of aromatic carboxylic acids is 1. The summed E-state index contributed by atoms with van der Waals surface area (Å²) in [6, 6.07) is 4.52. The van der Waals surface area contributed by atoms with Crippen molar-refractivity contribution in [3.63, 3.8) is 0 Å². The van der Waals surface area contributed by atoms with Crippen LogP contribution in [0.1, 0.15) is 30.3 Å². The highest BCUT2D eigenvalue weighted by Gasteiger charge is 2.30. The molecule has 0 radical (unpaired) electrons. The van der Waals surface area contributed by atoms with E-state index < -0.39 is 11.8 Å². The molecule has 0 atom stereocenters. The predicted octanol–water partition coefficient (Wildman–Crippen LogP) is 2.83. The Morgan fingerprint density at radius 3 is 2.75 bits per heavy atom. The molecule has 0 amide bonds. The van der Waals surface area contributed by atoms with Gasteiger partial charge < -0.3 is 15.7 Å². The van der Waals surface area contributed by atoms with Crippen molar-refractivity contribution < 1.29 is 14.3 Å². The lowest BCUT2D eigenvalue weighted by Gasteiger charge is -2.37. The molecule has 1 saturated heterocycles. The number of rotatable bonds is 3. The molecule has 1 aliphatic heterocycles. The Morgan fingerprint density at radius 1 is 1.36 bits per heavy atom. The number of carbonyl (C=O) groups is 1. The van der Waals surface area contributed by atoms with E-state index in [2.05, 4.69) is 20.2 Å². The van der Waals surface area contributed by atoms with Crippen LogP contribution in [0.3, 0.4) is 0 Å². The third-order valence-electron chi connectivity index (χ3n) is 5.00. The van der Waals surface area contributed by atoms with Gasteiger partial charge in [0.2, 0.25) is 5.65 Å². The van der Waals surface area contributed by atoms with Gasteiger partial charge in [-0.05, 0) is 31.9 Å². The number of carboxylic acids is 1. The van der Waals surface area contributed by atoms with Gasteiger partial charge in [0.1, 0.15) is 5.52 Å². The van der Waals surface area contributed by atoms with E-state index in [9.17, 15) is 14.3 Å². The first-order valence-corrected chi connectivity index (χ1v) is 9.12. The number of hydrogen-bond acceptors (Lipinski definition) is 6. The average Bonchev–Trinajstić information content (AvgIpc) is 3.06. The molecule has 2 aromatic heterocycles. The van der Waals surface area contributed by atoms with Gasteiger partial charge in [-0.15, -0.1) is 0 Å². The van der Waals surface area contributed by atoms with E-state index in [4.69, 9.17) is 17.3 Å². The lowest BCUT2D eigenvalue weighted by Crippen LogP contribution is -2.48. The van der Waals surface area contributed by atoms with Crippen LogP contribution in [-0.2, 0) is 0 Å². The third kappa shape index (κ3) is 3.16. The smallest absolute Gasteiger partial charge is 0.358 e. The highest BCUT2D eigenvalue weighted by atomic mass is 35.5. The maximum atomic E-state index is 14.4. The molecular formula is C18H18ClFN6O2. The maximum absolute atomic E-state index is 14.4.